The molecule has 1 aliphatic heterocycles. The highest BCUT2D eigenvalue weighted by Gasteiger charge is 2.22. The summed E-state index contributed by atoms with van der Waals surface area (Å²) in [5, 5.41) is 4.42. The van der Waals surface area contributed by atoms with Gasteiger partial charge in [0.25, 0.3) is 0 Å². The third-order valence-electron chi connectivity index (χ3n) is 3.23. The van der Waals surface area contributed by atoms with Crippen molar-refractivity contribution >= 4 is 5.69 Å². The molecule has 1 aliphatic carbocycles. The van der Waals surface area contributed by atoms with Crippen molar-refractivity contribution < 1.29 is 0 Å². The minimum Gasteiger partial charge on any atom is -0.369 e. The number of hydrogen-bond donors (Lipinski definition) is 0. The molecule has 1 aromatic heterocycles. The standard InChI is InChI=1S/C11H17N3/c1-2-6-13(5-1)11-7-12-14(9-11)8-10-3-4-10/h7,9-10H,1-6,8H2. The normalized spacial score (nSPS) is 21.9. The second-order valence-corrected chi connectivity index (χ2v) is 4.56. The zero-order valence-electron chi connectivity index (χ0n) is 8.52. The van der Waals surface area contributed by atoms with Crippen LogP contribution in [-0.4, -0.2) is 22.9 Å². The van der Waals surface area contributed by atoms with E-state index >= 15 is 0 Å². The van der Waals surface area contributed by atoms with E-state index in [1.54, 1.807) is 0 Å². The largest absolute Gasteiger partial charge is 0.369 e. The molecule has 0 amide bonds. The van der Waals surface area contributed by atoms with E-state index in [9.17, 15) is 0 Å². The van der Waals surface area contributed by atoms with E-state index in [0.717, 1.165) is 12.5 Å². The first kappa shape index (κ1) is 8.33. The van der Waals surface area contributed by atoms with Gasteiger partial charge in [-0.15, -0.1) is 0 Å². The summed E-state index contributed by atoms with van der Waals surface area (Å²) in [6, 6.07) is 0. The van der Waals surface area contributed by atoms with Gasteiger partial charge in [0.05, 0.1) is 11.9 Å². The van der Waals surface area contributed by atoms with Crippen LogP contribution in [0.3, 0.4) is 0 Å². The maximum absolute atomic E-state index is 4.42. The third-order valence-corrected chi connectivity index (χ3v) is 3.23. The van der Waals surface area contributed by atoms with Crippen molar-refractivity contribution in [3.05, 3.63) is 12.4 Å². The molecule has 76 valence electrons. The fraction of sp³-hybridized carbons (Fsp3) is 0.727. The SMILES string of the molecule is c1nn(CC2CC2)cc1N1CCCC1. The first-order valence-corrected chi connectivity index (χ1v) is 5.69. The Morgan fingerprint density at radius 2 is 2.07 bits per heavy atom. The Morgan fingerprint density at radius 1 is 1.29 bits per heavy atom. The molecule has 1 saturated carbocycles. The quantitative estimate of drug-likeness (QED) is 0.727. The van der Waals surface area contributed by atoms with Crippen molar-refractivity contribution in [2.24, 2.45) is 5.92 Å². The van der Waals surface area contributed by atoms with E-state index in [-0.39, 0.29) is 0 Å². The summed E-state index contributed by atoms with van der Waals surface area (Å²) in [5.41, 5.74) is 1.32. The number of aromatic nitrogens is 2. The first-order chi connectivity index (χ1) is 6.92. The lowest BCUT2D eigenvalue weighted by atomic mass is 10.4. The lowest BCUT2D eigenvalue weighted by molar-refractivity contribution is 0.563. The lowest BCUT2D eigenvalue weighted by Crippen LogP contribution is -2.16. The van der Waals surface area contributed by atoms with E-state index in [1.807, 2.05) is 6.20 Å². The Bertz CT molecular complexity index is 308. The van der Waals surface area contributed by atoms with Gasteiger partial charge < -0.3 is 4.90 Å². The summed E-state index contributed by atoms with van der Waals surface area (Å²) in [7, 11) is 0. The van der Waals surface area contributed by atoms with Crippen molar-refractivity contribution in [2.75, 3.05) is 18.0 Å². The average molecular weight is 191 g/mol. The van der Waals surface area contributed by atoms with Crippen molar-refractivity contribution in [1.29, 1.82) is 0 Å². The summed E-state index contributed by atoms with van der Waals surface area (Å²) in [6.07, 6.45) is 9.72. The third kappa shape index (κ3) is 1.63. The van der Waals surface area contributed by atoms with Crippen LogP contribution in [0.25, 0.3) is 0 Å². The molecular formula is C11H17N3. The Hall–Kier alpha value is -0.990. The van der Waals surface area contributed by atoms with Gasteiger partial charge in [-0.25, -0.2) is 0 Å². The highest BCUT2D eigenvalue weighted by molar-refractivity contribution is 5.43. The van der Waals surface area contributed by atoms with Crippen LogP contribution in [0.1, 0.15) is 25.7 Å². The van der Waals surface area contributed by atoms with Gasteiger partial charge in [0, 0.05) is 25.8 Å². The fourth-order valence-electron chi connectivity index (χ4n) is 2.16. The second kappa shape index (κ2) is 3.30. The van der Waals surface area contributed by atoms with Gasteiger partial charge in [-0.05, 0) is 31.6 Å². The first-order valence-electron chi connectivity index (χ1n) is 5.69. The summed E-state index contributed by atoms with van der Waals surface area (Å²) in [5.74, 6) is 0.918. The predicted molar refractivity (Wildman–Crippen MR) is 56.4 cm³/mol. The van der Waals surface area contributed by atoms with Crippen LogP contribution in [-0.2, 0) is 6.54 Å². The predicted octanol–water partition coefficient (Wildman–Crippen LogP) is 1.89. The molecule has 0 N–H and O–H groups in total. The van der Waals surface area contributed by atoms with Crippen LogP contribution in [0.2, 0.25) is 0 Å². The van der Waals surface area contributed by atoms with Gasteiger partial charge >= 0.3 is 0 Å². The molecule has 2 fully saturated rings. The summed E-state index contributed by atoms with van der Waals surface area (Å²) < 4.78 is 2.12. The lowest BCUT2D eigenvalue weighted by Gasteiger charge is -2.13. The molecule has 1 saturated heterocycles. The van der Waals surface area contributed by atoms with E-state index in [0.29, 0.717) is 0 Å². The van der Waals surface area contributed by atoms with Crippen LogP contribution in [0.5, 0.6) is 0 Å². The number of nitrogens with zero attached hydrogens (tertiary/aromatic N) is 3. The number of rotatable bonds is 3. The summed E-state index contributed by atoms with van der Waals surface area (Å²) in [4.78, 5) is 2.44. The van der Waals surface area contributed by atoms with E-state index in [1.165, 1.54) is 44.5 Å². The van der Waals surface area contributed by atoms with E-state index in [2.05, 4.69) is 20.9 Å². The Balaban J connectivity index is 1.68. The molecule has 0 aromatic carbocycles. The maximum atomic E-state index is 4.42. The molecule has 3 rings (SSSR count). The summed E-state index contributed by atoms with van der Waals surface area (Å²) >= 11 is 0. The molecule has 0 bridgehead atoms. The average Bonchev–Trinajstić information content (AvgIpc) is 2.71. The van der Waals surface area contributed by atoms with Crippen molar-refractivity contribution in [3.63, 3.8) is 0 Å². The smallest absolute Gasteiger partial charge is 0.0752 e. The van der Waals surface area contributed by atoms with Gasteiger partial charge in [0.15, 0.2) is 0 Å². The minimum absolute atomic E-state index is 0.918. The highest BCUT2D eigenvalue weighted by atomic mass is 15.3. The highest BCUT2D eigenvalue weighted by Crippen LogP contribution is 2.30. The molecule has 2 aliphatic rings. The molecule has 0 spiro atoms. The fourth-order valence-corrected chi connectivity index (χ4v) is 2.16. The maximum Gasteiger partial charge on any atom is 0.0752 e. The van der Waals surface area contributed by atoms with Gasteiger partial charge in [-0.2, -0.15) is 5.10 Å². The van der Waals surface area contributed by atoms with Crippen LogP contribution >= 0.6 is 0 Å². The zero-order valence-corrected chi connectivity index (χ0v) is 8.52. The van der Waals surface area contributed by atoms with Crippen molar-refractivity contribution in [2.45, 2.75) is 32.2 Å². The molecule has 14 heavy (non-hydrogen) atoms. The Labute approximate surface area is 84.7 Å². The zero-order chi connectivity index (χ0) is 9.38. The number of hydrogen-bond acceptors (Lipinski definition) is 2. The van der Waals surface area contributed by atoms with Gasteiger partial charge in [0.1, 0.15) is 0 Å². The molecule has 0 radical (unpaired) electrons. The molecular weight excluding hydrogens is 174 g/mol. The Kier molecular flexibility index (Phi) is 1.96. The van der Waals surface area contributed by atoms with Crippen LogP contribution in [0.15, 0.2) is 12.4 Å². The number of anilines is 1. The summed E-state index contributed by atoms with van der Waals surface area (Å²) in [6.45, 7) is 3.57. The second-order valence-electron chi connectivity index (χ2n) is 4.56. The van der Waals surface area contributed by atoms with Crippen molar-refractivity contribution in [1.82, 2.24) is 9.78 Å². The van der Waals surface area contributed by atoms with Crippen molar-refractivity contribution in [3.8, 4) is 0 Å². The van der Waals surface area contributed by atoms with Crippen LogP contribution < -0.4 is 4.90 Å². The molecule has 1 aromatic rings. The molecule has 0 atom stereocenters. The van der Waals surface area contributed by atoms with Crippen LogP contribution in [0.4, 0.5) is 5.69 Å². The minimum atomic E-state index is 0.918. The van der Waals surface area contributed by atoms with Gasteiger partial charge in [0.2, 0.25) is 0 Å². The topological polar surface area (TPSA) is 21.1 Å². The van der Waals surface area contributed by atoms with E-state index < -0.39 is 0 Å². The van der Waals surface area contributed by atoms with E-state index in [4.69, 9.17) is 0 Å². The van der Waals surface area contributed by atoms with Gasteiger partial charge in [-0.3, -0.25) is 4.68 Å². The van der Waals surface area contributed by atoms with Gasteiger partial charge in [-0.1, -0.05) is 0 Å². The molecule has 0 unspecified atom stereocenters. The molecule has 3 heteroatoms. The van der Waals surface area contributed by atoms with Crippen LogP contribution in [0, 0.1) is 5.92 Å². The monoisotopic (exact) mass is 191 g/mol. The molecule has 2 heterocycles. The Morgan fingerprint density at radius 3 is 2.79 bits per heavy atom. The molecule has 3 nitrogen and oxygen atoms in total.